The Labute approximate surface area is 117 Å². The number of hydrogen-bond donors (Lipinski definition) is 6. The molecule has 0 radical (unpaired) electrons. The van der Waals surface area contributed by atoms with Crippen LogP contribution in [0.2, 0.25) is 0 Å². The van der Waals surface area contributed by atoms with Crippen molar-refractivity contribution in [3.05, 3.63) is 25.3 Å². The number of carbonyl (C=O) groups excluding carboxylic acids is 2. The summed E-state index contributed by atoms with van der Waals surface area (Å²) in [6.45, 7) is 5.09. The molecule has 0 unspecified atom stereocenters. The molecule has 0 saturated carbocycles. The molecule has 0 aromatic heterocycles. The number of rotatable bonds is 8. The van der Waals surface area contributed by atoms with Crippen LogP contribution in [-0.2, 0) is 9.59 Å². The molecule has 2 amide bonds. The highest BCUT2D eigenvalue weighted by Crippen LogP contribution is 2.00. The standard InChI is InChI=1S/C7H13NO4.C5H9NO2/c1-2-6(12)8-7(3-9,4-10)5-11;1-2-5(8)6-3-4-7/h2,9-11H,1,3-5H2,(H,8,12);2,7H,1,3-4H2,(H,6,8). The molecule has 6 N–H and O–H groups in total. The molecule has 0 rings (SSSR count). The van der Waals surface area contributed by atoms with E-state index in [9.17, 15) is 9.59 Å². The molecule has 0 saturated heterocycles. The van der Waals surface area contributed by atoms with Gasteiger partial charge in [-0.2, -0.15) is 0 Å². The molecule has 0 aromatic carbocycles. The van der Waals surface area contributed by atoms with Crippen molar-refractivity contribution in [1.82, 2.24) is 10.6 Å². The molecule has 0 atom stereocenters. The molecule has 20 heavy (non-hydrogen) atoms. The van der Waals surface area contributed by atoms with Gasteiger partial charge in [-0.05, 0) is 12.2 Å². The van der Waals surface area contributed by atoms with E-state index < -0.39 is 31.3 Å². The Morgan fingerprint density at radius 1 is 0.950 bits per heavy atom. The van der Waals surface area contributed by atoms with E-state index in [1.54, 1.807) is 0 Å². The van der Waals surface area contributed by atoms with Gasteiger partial charge in [-0.15, -0.1) is 0 Å². The lowest BCUT2D eigenvalue weighted by Gasteiger charge is -2.27. The van der Waals surface area contributed by atoms with Crippen LogP contribution < -0.4 is 10.6 Å². The van der Waals surface area contributed by atoms with Gasteiger partial charge >= 0.3 is 0 Å². The summed E-state index contributed by atoms with van der Waals surface area (Å²) in [4.78, 5) is 21.0. The molecule has 116 valence electrons. The zero-order valence-electron chi connectivity index (χ0n) is 11.2. The number of aliphatic hydroxyl groups excluding tert-OH is 4. The van der Waals surface area contributed by atoms with E-state index in [1.807, 2.05) is 0 Å². The second-order valence-electron chi connectivity index (χ2n) is 3.67. The predicted molar refractivity (Wildman–Crippen MR) is 72.6 cm³/mol. The smallest absolute Gasteiger partial charge is 0.244 e. The first-order valence-electron chi connectivity index (χ1n) is 5.73. The average Bonchev–Trinajstić information content (AvgIpc) is 2.50. The highest BCUT2D eigenvalue weighted by atomic mass is 16.3. The fraction of sp³-hybridized carbons (Fsp3) is 0.500. The van der Waals surface area contributed by atoms with Crippen molar-refractivity contribution in [2.24, 2.45) is 0 Å². The van der Waals surface area contributed by atoms with E-state index in [0.717, 1.165) is 12.2 Å². The second-order valence-corrected chi connectivity index (χ2v) is 3.67. The van der Waals surface area contributed by atoms with E-state index in [1.165, 1.54) is 0 Å². The van der Waals surface area contributed by atoms with Crippen LogP contribution in [0.1, 0.15) is 0 Å². The summed E-state index contributed by atoms with van der Waals surface area (Å²) < 4.78 is 0. The van der Waals surface area contributed by atoms with Crippen LogP contribution in [0.3, 0.4) is 0 Å². The summed E-state index contributed by atoms with van der Waals surface area (Å²) in [5, 5.41) is 39.0. The summed E-state index contributed by atoms with van der Waals surface area (Å²) in [6.07, 6.45) is 2.16. The van der Waals surface area contributed by atoms with E-state index in [4.69, 9.17) is 20.4 Å². The van der Waals surface area contributed by atoms with Gasteiger partial charge in [-0.1, -0.05) is 13.2 Å². The van der Waals surface area contributed by atoms with Crippen LogP contribution >= 0.6 is 0 Å². The Bertz CT molecular complexity index is 307. The van der Waals surface area contributed by atoms with Crippen molar-refractivity contribution in [3.8, 4) is 0 Å². The largest absolute Gasteiger partial charge is 0.395 e. The normalized spacial score (nSPS) is 9.80. The second kappa shape index (κ2) is 12.3. The fourth-order valence-corrected chi connectivity index (χ4v) is 0.832. The predicted octanol–water partition coefficient (Wildman–Crippen LogP) is -2.71. The Balaban J connectivity index is 0. The highest BCUT2D eigenvalue weighted by Gasteiger charge is 2.28. The van der Waals surface area contributed by atoms with Crippen molar-refractivity contribution in [2.75, 3.05) is 33.0 Å². The topological polar surface area (TPSA) is 139 Å². The Kier molecular flexibility index (Phi) is 12.7. The lowest BCUT2D eigenvalue weighted by molar-refractivity contribution is -0.120. The third-order valence-corrected chi connectivity index (χ3v) is 2.08. The van der Waals surface area contributed by atoms with Crippen molar-refractivity contribution in [2.45, 2.75) is 5.54 Å². The van der Waals surface area contributed by atoms with Crippen LogP contribution in [0.25, 0.3) is 0 Å². The van der Waals surface area contributed by atoms with Crippen LogP contribution in [0.4, 0.5) is 0 Å². The fourth-order valence-electron chi connectivity index (χ4n) is 0.832. The molecule has 0 fully saturated rings. The number of aliphatic hydroxyl groups is 4. The van der Waals surface area contributed by atoms with Gasteiger partial charge in [0.05, 0.1) is 26.4 Å². The molecule has 0 aliphatic rings. The molecule has 8 heteroatoms. The van der Waals surface area contributed by atoms with Gasteiger partial charge in [-0.3, -0.25) is 9.59 Å². The minimum Gasteiger partial charge on any atom is -0.395 e. The summed E-state index contributed by atoms with van der Waals surface area (Å²) in [6, 6.07) is 0. The minimum absolute atomic E-state index is 0.0282. The SMILES string of the molecule is C=CC(=O)NC(CO)(CO)CO.C=CC(=O)NCCO. The molecular weight excluding hydrogens is 268 g/mol. The van der Waals surface area contributed by atoms with Gasteiger partial charge in [0.2, 0.25) is 11.8 Å². The quantitative estimate of drug-likeness (QED) is 0.269. The number of hydrogen-bond acceptors (Lipinski definition) is 6. The first-order valence-corrected chi connectivity index (χ1v) is 5.73. The third-order valence-electron chi connectivity index (χ3n) is 2.08. The molecule has 0 aliphatic carbocycles. The van der Waals surface area contributed by atoms with E-state index in [0.29, 0.717) is 6.54 Å². The van der Waals surface area contributed by atoms with E-state index >= 15 is 0 Å². The molecule has 0 aliphatic heterocycles. The van der Waals surface area contributed by atoms with Crippen LogP contribution in [0.5, 0.6) is 0 Å². The summed E-state index contributed by atoms with van der Waals surface area (Å²) in [5.41, 5.74) is -1.36. The number of carbonyl (C=O) groups is 2. The summed E-state index contributed by atoms with van der Waals surface area (Å²) in [7, 11) is 0. The average molecular weight is 290 g/mol. The van der Waals surface area contributed by atoms with Crippen molar-refractivity contribution < 1.29 is 30.0 Å². The summed E-state index contributed by atoms with van der Waals surface area (Å²) in [5.74, 6) is -0.800. The molecule has 0 heterocycles. The number of amides is 2. The molecule has 0 bridgehead atoms. The number of nitrogens with one attached hydrogen (secondary N) is 2. The third kappa shape index (κ3) is 9.22. The van der Waals surface area contributed by atoms with Gasteiger partial charge in [0.25, 0.3) is 0 Å². The summed E-state index contributed by atoms with van der Waals surface area (Å²) >= 11 is 0. The Hall–Kier alpha value is -1.74. The van der Waals surface area contributed by atoms with E-state index in [2.05, 4.69) is 23.8 Å². The van der Waals surface area contributed by atoms with Gasteiger partial charge in [-0.25, -0.2) is 0 Å². The van der Waals surface area contributed by atoms with Crippen molar-refractivity contribution in [3.63, 3.8) is 0 Å². The Morgan fingerprint density at radius 3 is 1.70 bits per heavy atom. The van der Waals surface area contributed by atoms with Crippen LogP contribution in [0, 0.1) is 0 Å². The van der Waals surface area contributed by atoms with Crippen LogP contribution in [0.15, 0.2) is 25.3 Å². The first kappa shape index (κ1) is 20.6. The van der Waals surface area contributed by atoms with Gasteiger partial charge < -0.3 is 31.1 Å². The molecule has 0 spiro atoms. The lowest BCUT2D eigenvalue weighted by atomic mass is 10.0. The highest BCUT2D eigenvalue weighted by molar-refractivity contribution is 5.87. The monoisotopic (exact) mass is 290 g/mol. The lowest BCUT2D eigenvalue weighted by Crippen LogP contribution is -2.56. The maximum Gasteiger partial charge on any atom is 0.244 e. The van der Waals surface area contributed by atoms with Gasteiger partial charge in [0.1, 0.15) is 5.54 Å². The van der Waals surface area contributed by atoms with Crippen LogP contribution in [-0.4, -0.2) is 70.8 Å². The van der Waals surface area contributed by atoms with Crippen molar-refractivity contribution in [1.29, 1.82) is 0 Å². The van der Waals surface area contributed by atoms with Gasteiger partial charge in [0, 0.05) is 6.54 Å². The Morgan fingerprint density at radius 2 is 1.40 bits per heavy atom. The molecule has 0 aromatic rings. The maximum atomic E-state index is 10.7. The zero-order chi connectivity index (χ0) is 16.0. The molecule has 8 nitrogen and oxygen atoms in total. The first-order chi connectivity index (χ1) is 9.44. The van der Waals surface area contributed by atoms with E-state index in [-0.39, 0.29) is 12.5 Å². The zero-order valence-corrected chi connectivity index (χ0v) is 11.2. The maximum absolute atomic E-state index is 10.7. The van der Waals surface area contributed by atoms with Crippen molar-refractivity contribution >= 4 is 11.8 Å². The van der Waals surface area contributed by atoms with Gasteiger partial charge in [0.15, 0.2) is 0 Å². The minimum atomic E-state index is -1.36. The molecular formula is C12H22N2O6.